The van der Waals surface area contributed by atoms with Gasteiger partial charge in [-0.15, -0.1) is 0 Å². The van der Waals surface area contributed by atoms with Crippen LogP contribution in [0.3, 0.4) is 0 Å². The van der Waals surface area contributed by atoms with E-state index in [9.17, 15) is 9.59 Å². The Bertz CT molecular complexity index is 742. The molecule has 25 heavy (non-hydrogen) atoms. The van der Waals surface area contributed by atoms with Gasteiger partial charge in [0.2, 0.25) is 5.91 Å². The van der Waals surface area contributed by atoms with Gasteiger partial charge in [0.1, 0.15) is 11.9 Å². The molecule has 1 aromatic carbocycles. The molecule has 1 fully saturated rings. The molecule has 0 aliphatic carbocycles. The number of likely N-dealkylation sites (N-methyl/N-ethyl adjacent to an activating group) is 1. The van der Waals surface area contributed by atoms with Crippen LogP contribution in [0.4, 0.5) is 0 Å². The van der Waals surface area contributed by atoms with E-state index in [4.69, 9.17) is 0 Å². The van der Waals surface area contributed by atoms with E-state index < -0.39 is 0 Å². The molecule has 132 valence electrons. The van der Waals surface area contributed by atoms with E-state index in [1.807, 2.05) is 18.2 Å². The number of imidazole rings is 1. The van der Waals surface area contributed by atoms with Gasteiger partial charge in [-0.2, -0.15) is 0 Å². The quantitative estimate of drug-likeness (QED) is 0.909. The van der Waals surface area contributed by atoms with Gasteiger partial charge in [-0.05, 0) is 12.5 Å². The Balaban J connectivity index is 1.93. The summed E-state index contributed by atoms with van der Waals surface area (Å²) in [6.07, 6.45) is 6.03. The molecule has 1 aliphatic heterocycles. The molecule has 0 radical (unpaired) electrons. The Morgan fingerprint density at radius 3 is 2.84 bits per heavy atom. The summed E-state index contributed by atoms with van der Waals surface area (Å²) in [5, 5.41) is 0. The van der Waals surface area contributed by atoms with Crippen molar-refractivity contribution in [3.8, 4) is 11.4 Å². The SMILES string of the molecule is CCCCC1C(=O)N(C)CCN1C(=O)c1ccccc1-c1ncc[nH]1. The number of rotatable bonds is 5. The zero-order chi connectivity index (χ0) is 17.8. The predicted octanol–water partition coefficient (Wildman–Crippen LogP) is 2.55. The number of carbonyl (C=O) groups is 2. The molecular weight excluding hydrogens is 316 g/mol. The number of carbonyl (C=O) groups excluding carboxylic acids is 2. The summed E-state index contributed by atoms with van der Waals surface area (Å²) < 4.78 is 0. The number of aromatic amines is 1. The molecule has 1 N–H and O–H groups in total. The number of unbranched alkanes of at least 4 members (excludes halogenated alkanes) is 1. The summed E-state index contributed by atoms with van der Waals surface area (Å²) in [6.45, 7) is 3.22. The number of H-pyrrole nitrogens is 1. The largest absolute Gasteiger partial charge is 0.345 e. The monoisotopic (exact) mass is 340 g/mol. The van der Waals surface area contributed by atoms with E-state index in [0.717, 1.165) is 18.4 Å². The molecule has 0 saturated carbocycles. The number of hydrogen-bond acceptors (Lipinski definition) is 3. The molecule has 1 saturated heterocycles. The molecule has 1 aliphatic rings. The van der Waals surface area contributed by atoms with Gasteiger partial charge < -0.3 is 14.8 Å². The third kappa shape index (κ3) is 3.43. The molecule has 3 rings (SSSR count). The number of nitrogens with one attached hydrogen (secondary N) is 1. The summed E-state index contributed by atoms with van der Waals surface area (Å²) in [4.78, 5) is 36.6. The molecule has 0 bridgehead atoms. The van der Waals surface area contributed by atoms with Crippen LogP contribution in [0.2, 0.25) is 0 Å². The molecule has 2 aromatic rings. The molecule has 6 heteroatoms. The van der Waals surface area contributed by atoms with Gasteiger partial charge in [0.25, 0.3) is 5.91 Å². The van der Waals surface area contributed by atoms with E-state index in [1.54, 1.807) is 35.3 Å². The van der Waals surface area contributed by atoms with Gasteiger partial charge >= 0.3 is 0 Å². The Kier molecular flexibility index (Phi) is 5.16. The van der Waals surface area contributed by atoms with E-state index in [-0.39, 0.29) is 17.9 Å². The Labute approximate surface area is 147 Å². The van der Waals surface area contributed by atoms with Crippen LogP contribution in [0.5, 0.6) is 0 Å². The van der Waals surface area contributed by atoms with Crippen molar-refractivity contribution in [1.82, 2.24) is 19.8 Å². The molecule has 0 spiro atoms. The van der Waals surface area contributed by atoms with Gasteiger partial charge in [0.15, 0.2) is 0 Å². The fourth-order valence-electron chi connectivity index (χ4n) is 3.27. The van der Waals surface area contributed by atoms with Crippen molar-refractivity contribution in [3.05, 3.63) is 42.2 Å². The lowest BCUT2D eigenvalue weighted by atomic mass is 10.0. The maximum Gasteiger partial charge on any atom is 0.255 e. The zero-order valence-corrected chi connectivity index (χ0v) is 14.7. The lowest BCUT2D eigenvalue weighted by Gasteiger charge is -2.39. The van der Waals surface area contributed by atoms with Crippen molar-refractivity contribution in [1.29, 1.82) is 0 Å². The molecule has 2 heterocycles. The highest BCUT2D eigenvalue weighted by atomic mass is 16.2. The number of nitrogens with zero attached hydrogens (tertiary/aromatic N) is 3. The number of aromatic nitrogens is 2. The van der Waals surface area contributed by atoms with Crippen LogP contribution in [0, 0.1) is 0 Å². The Morgan fingerprint density at radius 2 is 2.12 bits per heavy atom. The van der Waals surface area contributed by atoms with Gasteiger partial charge in [-0.25, -0.2) is 4.98 Å². The standard InChI is InChI=1S/C19H24N4O2/c1-3-4-9-16-19(25)22(2)12-13-23(16)18(24)15-8-6-5-7-14(15)17-20-10-11-21-17/h5-8,10-11,16H,3-4,9,12-13H2,1-2H3,(H,20,21). The van der Waals surface area contributed by atoms with Crippen LogP contribution in [0.15, 0.2) is 36.7 Å². The maximum atomic E-state index is 13.3. The van der Waals surface area contributed by atoms with Crippen LogP contribution >= 0.6 is 0 Å². The highest BCUT2D eigenvalue weighted by Gasteiger charge is 2.36. The lowest BCUT2D eigenvalue weighted by molar-refractivity contribution is -0.138. The van der Waals surface area contributed by atoms with Gasteiger partial charge in [-0.3, -0.25) is 9.59 Å². The van der Waals surface area contributed by atoms with Crippen molar-refractivity contribution >= 4 is 11.8 Å². The normalized spacial score (nSPS) is 17.8. The minimum absolute atomic E-state index is 0.0310. The van der Waals surface area contributed by atoms with Crippen LogP contribution in [0.25, 0.3) is 11.4 Å². The lowest BCUT2D eigenvalue weighted by Crippen LogP contribution is -2.57. The molecule has 6 nitrogen and oxygen atoms in total. The molecule has 2 amide bonds. The molecule has 1 atom stereocenters. The molecule has 1 unspecified atom stereocenters. The van der Waals surface area contributed by atoms with Gasteiger partial charge in [0, 0.05) is 38.1 Å². The summed E-state index contributed by atoms with van der Waals surface area (Å²) in [6, 6.07) is 7.04. The predicted molar refractivity (Wildman–Crippen MR) is 96.0 cm³/mol. The second-order valence-electron chi connectivity index (χ2n) is 6.40. The number of piperazine rings is 1. The first-order chi connectivity index (χ1) is 12.1. The third-order valence-corrected chi connectivity index (χ3v) is 4.72. The fourth-order valence-corrected chi connectivity index (χ4v) is 3.27. The summed E-state index contributed by atoms with van der Waals surface area (Å²) in [5.74, 6) is 0.590. The van der Waals surface area contributed by atoms with Crippen LogP contribution in [-0.4, -0.2) is 57.8 Å². The van der Waals surface area contributed by atoms with Crippen LogP contribution < -0.4 is 0 Å². The van der Waals surface area contributed by atoms with E-state index in [1.165, 1.54) is 0 Å². The van der Waals surface area contributed by atoms with E-state index in [0.29, 0.717) is 30.9 Å². The topological polar surface area (TPSA) is 69.3 Å². The molecule has 1 aromatic heterocycles. The second kappa shape index (κ2) is 7.51. The third-order valence-electron chi connectivity index (χ3n) is 4.72. The second-order valence-corrected chi connectivity index (χ2v) is 6.40. The number of benzene rings is 1. The summed E-state index contributed by atoms with van der Waals surface area (Å²) in [7, 11) is 1.81. The molecular formula is C19H24N4O2. The van der Waals surface area contributed by atoms with Crippen molar-refractivity contribution in [2.45, 2.75) is 32.2 Å². The highest BCUT2D eigenvalue weighted by Crippen LogP contribution is 2.25. The first kappa shape index (κ1) is 17.2. The van der Waals surface area contributed by atoms with Crippen LogP contribution in [-0.2, 0) is 4.79 Å². The minimum atomic E-state index is -0.379. The first-order valence-electron chi connectivity index (χ1n) is 8.78. The van der Waals surface area contributed by atoms with Crippen molar-refractivity contribution in [2.24, 2.45) is 0 Å². The van der Waals surface area contributed by atoms with Crippen LogP contribution in [0.1, 0.15) is 36.5 Å². The summed E-state index contributed by atoms with van der Waals surface area (Å²) in [5.41, 5.74) is 1.34. The fraction of sp³-hybridized carbons (Fsp3) is 0.421. The van der Waals surface area contributed by atoms with E-state index in [2.05, 4.69) is 16.9 Å². The minimum Gasteiger partial charge on any atom is -0.345 e. The zero-order valence-electron chi connectivity index (χ0n) is 14.7. The Morgan fingerprint density at radius 1 is 1.32 bits per heavy atom. The Hall–Kier alpha value is -2.63. The van der Waals surface area contributed by atoms with Crippen molar-refractivity contribution in [2.75, 3.05) is 20.1 Å². The number of amides is 2. The van der Waals surface area contributed by atoms with Crippen molar-refractivity contribution < 1.29 is 9.59 Å². The first-order valence-corrected chi connectivity index (χ1v) is 8.78. The smallest absolute Gasteiger partial charge is 0.255 e. The summed E-state index contributed by atoms with van der Waals surface area (Å²) >= 11 is 0. The maximum absolute atomic E-state index is 13.3. The average molecular weight is 340 g/mol. The highest BCUT2D eigenvalue weighted by molar-refractivity contribution is 6.02. The van der Waals surface area contributed by atoms with Gasteiger partial charge in [-0.1, -0.05) is 38.0 Å². The average Bonchev–Trinajstić information content (AvgIpc) is 3.17. The van der Waals surface area contributed by atoms with E-state index >= 15 is 0 Å². The van der Waals surface area contributed by atoms with Gasteiger partial charge in [0.05, 0.1) is 5.56 Å². The number of hydrogen-bond donors (Lipinski definition) is 1. The van der Waals surface area contributed by atoms with Crippen molar-refractivity contribution in [3.63, 3.8) is 0 Å².